The Morgan fingerprint density at radius 2 is 2.25 bits per heavy atom. The van der Waals surface area contributed by atoms with E-state index in [0.717, 1.165) is 22.4 Å². The predicted molar refractivity (Wildman–Crippen MR) is 64.5 cm³/mol. The van der Waals surface area contributed by atoms with Crippen molar-refractivity contribution >= 4 is 22.6 Å². The zero-order chi connectivity index (χ0) is 11.9. The van der Waals surface area contributed by atoms with E-state index in [1.54, 1.807) is 0 Å². The summed E-state index contributed by atoms with van der Waals surface area (Å²) in [6.45, 7) is 1.80. The largest absolute Gasteiger partial charge is 0.394 e. The number of rotatable bonds is 2. The second-order valence-electron chi connectivity index (χ2n) is 3.87. The van der Waals surface area contributed by atoms with Crippen molar-refractivity contribution in [3.8, 4) is 0 Å². The van der Waals surface area contributed by atoms with Gasteiger partial charge in [-0.25, -0.2) is 4.98 Å². The van der Waals surface area contributed by atoms with E-state index in [4.69, 9.17) is 22.4 Å². The molecule has 2 aromatic rings. The monoisotopic (exact) mass is 239 g/mol. The number of imidazole rings is 1. The number of nitrogens with two attached hydrogens (primary N) is 1. The number of hydrogen-bond acceptors (Lipinski definition) is 3. The van der Waals surface area contributed by atoms with E-state index in [-0.39, 0.29) is 6.61 Å². The van der Waals surface area contributed by atoms with E-state index >= 15 is 0 Å². The topological polar surface area (TPSA) is 64.1 Å². The fourth-order valence-electron chi connectivity index (χ4n) is 1.73. The van der Waals surface area contributed by atoms with Gasteiger partial charge in [0.15, 0.2) is 0 Å². The van der Waals surface area contributed by atoms with Crippen molar-refractivity contribution in [1.82, 2.24) is 9.55 Å². The maximum Gasteiger partial charge on any atom is 0.106 e. The molecule has 0 aliphatic carbocycles. The summed E-state index contributed by atoms with van der Waals surface area (Å²) in [4.78, 5) is 4.40. The molecule has 0 aliphatic rings. The highest BCUT2D eigenvalue weighted by Crippen LogP contribution is 2.27. The molecule has 0 amide bonds. The summed E-state index contributed by atoms with van der Waals surface area (Å²) in [5, 5.41) is 9.60. The van der Waals surface area contributed by atoms with Crippen LogP contribution >= 0.6 is 11.6 Å². The Kier molecular flexibility index (Phi) is 2.88. The minimum atomic E-state index is -0.459. The van der Waals surface area contributed by atoms with Crippen molar-refractivity contribution in [3.63, 3.8) is 0 Å². The van der Waals surface area contributed by atoms with Crippen LogP contribution < -0.4 is 5.73 Å². The maximum absolute atomic E-state index is 9.04. The van der Waals surface area contributed by atoms with Crippen LogP contribution in [0.15, 0.2) is 12.1 Å². The Labute approximate surface area is 98.6 Å². The molecule has 0 aliphatic heterocycles. The van der Waals surface area contributed by atoms with Gasteiger partial charge < -0.3 is 15.4 Å². The van der Waals surface area contributed by atoms with Gasteiger partial charge >= 0.3 is 0 Å². The van der Waals surface area contributed by atoms with Gasteiger partial charge in [0.05, 0.1) is 23.7 Å². The molecule has 3 N–H and O–H groups in total. The van der Waals surface area contributed by atoms with Gasteiger partial charge in [0.25, 0.3) is 0 Å². The summed E-state index contributed by atoms with van der Waals surface area (Å²) in [5.74, 6) is 0.917. The number of aryl methyl sites for hydroxylation is 2. The summed E-state index contributed by atoms with van der Waals surface area (Å²) in [6.07, 6.45) is 0. The summed E-state index contributed by atoms with van der Waals surface area (Å²) >= 11 is 6.13. The number of aliphatic hydroxyl groups is 1. The molecule has 1 unspecified atom stereocenters. The van der Waals surface area contributed by atoms with Crippen LogP contribution in [0.4, 0.5) is 0 Å². The van der Waals surface area contributed by atoms with E-state index in [9.17, 15) is 0 Å². The number of halogens is 1. The average Bonchev–Trinajstić information content (AvgIpc) is 2.53. The van der Waals surface area contributed by atoms with E-state index in [2.05, 4.69) is 4.98 Å². The summed E-state index contributed by atoms with van der Waals surface area (Å²) in [7, 11) is 1.94. The normalized spacial score (nSPS) is 13.3. The lowest BCUT2D eigenvalue weighted by atomic mass is 10.1. The molecule has 0 bridgehead atoms. The highest BCUT2D eigenvalue weighted by molar-refractivity contribution is 6.32. The molecule has 86 valence electrons. The van der Waals surface area contributed by atoms with Crippen molar-refractivity contribution in [3.05, 3.63) is 28.5 Å². The van der Waals surface area contributed by atoms with E-state index < -0.39 is 6.04 Å². The number of nitrogens with zero attached hydrogens (tertiary/aromatic N) is 2. The quantitative estimate of drug-likeness (QED) is 0.835. The van der Waals surface area contributed by atoms with Crippen molar-refractivity contribution in [2.24, 2.45) is 12.8 Å². The van der Waals surface area contributed by atoms with Crippen LogP contribution in [0, 0.1) is 6.92 Å². The van der Waals surface area contributed by atoms with Crippen molar-refractivity contribution < 1.29 is 5.11 Å². The lowest BCUT2D eigenvalue weighted by Crippen LogP contribution is -2.14. The Morgan fingerprint density at radius 1 is 1.56 bits per heavy atom. The van der Waals surface area contributed by atoms with E-state index in [1.165, 1.54) is 0 Å². The predicted octanol–water partition coefficient (Wildman–Crippen LogP) is 1.53. The molecule has 4 nitrogen and oxygen atoms in total. The molecule has 1 aromatic heterocycles. The molecule has 0 spiro atoms. The first-order chi connectivity index (χ1) is 7.54. The third-order valence-corrected chi connectivity index (χ3v) is 3.15. The molecule has 0 saturated heterocycles. The average molecular weight is 240 g/mol. The molecule has 16 heavy (non-hydrogen) atoms. The van der Waals surface area contributed by atoms with Crippen LogP contribution in [0.2, 0.25) is 5.02 Å². The lowest BCUT2D eigenvalue weighted by molar-refractivity contribution is 0.268. The van der Waals surface area contributed by atoms with Crippen LogP contribution in [-0.4, -0.2) is 21.3 Å². The molecule has 1 heterocycles. The fraction of sp³-hybridized carbons (Fsp3) is 0.364. The molecular weight excluding hydrogens is 226 g/mol. The molecule has 0 fully saturated rings. The van der Waals surface area contributed by atoms with Gasteiger partial charge in [0, 0.05) is 12.1 Å². The zero-order valence-electron chi connectivity index (χ0n) is 9.24. The van der Waals surface area contributed by atoms with E-state index in [0.29, 0.717) is 5.02 Å². The van der Waals surface area contributed by atoms with Gasteiger partial charge in [-0.1, -0.05) is 11.6 Å². The van der Waals surface area contributed by atoms with Gasteiger partial charge in [-0.05, 0) is 24.6 Å². The number of aliphatic hydroxyl groups excluding tert-OH is 1. The fourth-order valence-corrected chi connectivity index (χ4v) is 2.03. The van der Waals surface area contributed by atoms with Crippen LogP contribution in [-0.2, 0) is 7.05 Å². The summed E-state index contributed by atoms with van der Waals surface area (Å²) in [5.41, 5.74) is 8.31. The summed E-state index contributed by atoms with van der Waals surface area (Å²) < 4.78 is 1.97. The lowest BCUT2D eigenvalue weighted by Gasteiger charge is -2.10. The first kappa shape index (κ1) is 11.4. The van der Waals surface area contributed by atoms with Crippen molar-refractivity contribution in [2.75, 3.05) is 6.61 Å². The Hall–Kier alpha value is -1.10. The number of fused-ring (bicyclic) bond motifs is 1. The van der Waals surface area contributed by atoms with Gasteiger partial charge in [-0.15, -0.1) is 0 Å². The number of benzene rings is 1. The standard InChI is InChI=1S/C11H14ClN3O/c1-6-14-10-3-7(9(13)5-16)8(12)4-11(10)15(6)2/h3-4,9,16H,5,13H2,1-2H3. The van der Waals surface area contributed by atoms with Gasteiger partial charge in [-0.3, -0.25) is 0 Å². The maximum atomic E-state index is 9.04. The SMILES string of the molecule is Cc1nc2cc(C(N)CO)c(Cl)cc2n1C. The molecule has 0 saturated carbocycles. The van der Waals surface area contributed by atoms with E-state index in [1.807, 2.05) is 30.7 Å². The third-order valence-electron chi connectivity index (χ3n) is 2.82. The van der Waals surface area contributed by atoms with Gasteiger partial charge in [-0.2, -0.15) is 0 Å². The molecule has 1 aromatic carbocycles. The smallest absolute Gasteiger partial charge is 0.106 e. The van der Waals surface area contributed by atoms with Crippen LogP contribution in [0.5, 0.6) is 0 Å². The summed E-state index contributed by atoms with van der Waals surface area (Å²) in [6, 6.07) is 3.21. The van der Waals surface area contributed by atoms with Crippen molar-refractivity contribution in [2.45, 2.75) is 13.0 Å². The third kappa shape index (κ3) is 1.69. The Balaban J connectivity index is 2.67. The van der Waals surface area contributed by atoms with Crippen LogP contribution in [0.3, 0.4) is 0 Å². The first-order valence-electron chi connectivity index (χ1n) is 5.03. The minimum Gasteiger partial charge on any atom is -0.394 e. The molecule has 5 heteroatoms. The minimum absolute atomic E-state index is 0.128. The van der Waals surface area contributed by atoms with Gasteiger partial charge in [0.2, 0.25) is 0 Å². The number of hydrogen-bond donors (Lipinski definition) is 2. The second-order valence-corrected chi connectivity index (χ2v) is 4.28. The number of aromatic nitrogens is 2. The Bertz CT molecular complexity index is 535. The molecule has 0 radical (unpaired) electrons. The first-order valence-corrected chi connectivity index (χ1v) is 5.41. The van der Waals surface area contributed by atoms with Crippen molar-refractivity contribution in [1.29, 1.82) is 0 Å². The van der Waals surface area contributed by atoms with Crippen LogP contribution in [0.25, 0.3) is 11.0 Å². The second kappa shape index (κ2) is 4.05. The molecule has 2 rings (SSSR count). The molecule has 1 atom stereocenters. The zero-order valence-corrected chi connectivity index (χ0v) is 9.99. The highest BCUT2D eigenvalue weighted by Gasteiger charge is 2.13. The van der Waals surface area contributed by atoms with Crippen LogP contribution in [0.1, 0.15) is 17.4 Å². The van der Waals surface area contributed by atoms with Gasteiger partial charge in [0.1, 0.15) is 5.82 Å². The highest BCUT2D eigenvalue weighted by atomic mass is 35.5. The Morgan fingerprint density at radius 3 is 2.88 bits per heavy atom. The molecular formula is C11H14ClN3O.